The minimum absolute atomic E-state index is 0.000133. The number of aromatic nitrogens is 2. The van der Waals surface area contributed by atoms with Crippen molar-refractivity contribution in [1.29, 1.82) is 0 Å². The number of ether oxygens (including phenoxy) is 1. The molecule has 2 aromatic rings. The third kappa shape index (κ3) is 3.60. The van der Waals surface area contributed by atoms with Gasteiger partial charge in [-0.1, -0.05) is 6.07 Å². The van der Waals surface area contributed by atoms with Crippen molar-refractivity contribution in [2.75, 3.05) is 13.7 Å². The van der Waals surface area contributed by atoms with Gasteiger partial charge in [-0.3, -0.25) is 14.3 Å². The van der Waals surface area contributed by atoms with Gasteiger partial charge in [0.05, 0.1) is 13.7 Å². The maximum Gasteiger partial charge on any atom is 0.245 e. The summed E-state index contributed by atoms with van der Waals surface area (Å²) in [4.78, 5) is 26.2. The van der Waals surface area contributed by atoms with Crippen molar-refractivity contribution in [3.63, 3.8) is 0 Å². The fourth-order valence-electron chi connectivity index (χ4n) is 3.99. The summed E-state index contributed by atoms with van der Waals surface area (Å²) in [6.07, 6.45) is 4.31. The lowest BCUT2D eigenvalue weighted by atomic mass is 10.1. The van der Waals surface area contributed by atoms with E-state index in [4.69, 9.17) is 4.74 Å². The smallest absolute Gasteiger partial charge is 0.245 e. The third-order valence-electron chi connectivity index (χ3n) is 5.45. The molecule has 2 aliphatic heterocycles. The number of benzene rings is 1. The largest absolute Gasteiger partial charge is 0.496 e. The molecule has 2 fully saturated rings. The molecule has 0 bridgehead atoms. The van der Waals surface area contributed by atoms with Crippen molar-refractivity contribution in [1.82, 2.24) is 25.3 Å². The fourth-order valence-corrected chi connectivity index (χ4v) is 3.99. The van der Waals surface area contributed by atoms with Crippen LogP contribution in [0.2, 0.25) is 0 Å². The van der Waals surface area contributed by atoms with Crippen LogP contribution in [0.4, 0.5) is 0 Å². The van der Waals surface area contributed by atoms with Gasteiger partial charge in [0.1, 0.15) is 17.8 Å². The average molecular weight is 383 g/mol. The molecular weight excluding hydrogens is 358 g/mol. The second-order valence-electron chi connectivity index (χ2n) is 7.40. The Morgan fingerprint density at radius 1 is 1.36 bits per heavy atom. The van der Waals surface area contributed by atoms with Crippen molar-refractivity contribution in [2.45, 2.75) is 44.6 Å². The van der Waals surface area contributed by atoms with E-state index in [-0.39, 0.29) is 23.9 Å². The Morgan fingerprint density at radius 2 is 2.21 bits per heavy atom. The van der Waals surface area contributed by atoms with E-state index in [1.54, 1.807) is 25.1 Å². The molecule has 0 aliphatic carbocycles. The van der Waals surface area contributed by atoms with Gasteiger partial charge in [-0.15, -0.1) is 0 Å². The Hall–Kier alpha value is -2.87. The minimum Gasteiger partial charge on any atom is -0.496 e. The zero-order valence-corrected chi connectivity index (χ0v) is 16.1. The zero-order valence-electron chi connectivity index (χ0n) is 16.1. The summed E-state index contributed by atoms with van der Waals surface area (Å²) in [5.74, 6) is 0.774. The number of carbonyl (C=O) groups excluding carboxylic acids is 2. The summed E-state index contributed by atoms with van der Waals surface area (Å²) in [5, 5.41) is 10.5. The fraction of sp³-hybridized carbons (Fsp3) is 0.450. The van der Waals surface area contributed by atoms with Crippen LogP contribution < -0.4 is 15.4 Å². The number of nitrogens with one attached hydrogen (secondary N) is 2. The first-order valence-electron chi connectivity index (χ1n) is 9.52. The summed E-state index contributed by atoms with van der Waals surface area (Å²) in [5.41, 5.74) is 2.18. The van der Waals surface area contributed by atoms with Gasteiger partial charge in [-0.05, 0) is 37.1 Å². The highest BCUT2D eigenvalue weighted by Crippen LogP contribution is 2.24. The van der Waals surface area contributed by atoms with Crippen LogP contribution in [-0.4, -0.2) is 58.3 Å². The predicted octanol–water partition coefficient (Wildman–Crippen LogP) is 0.517. The Labute approximate surface area is 163 Å². The van der Waals surface area contributed by atoms with Crippen LogP contribution in [0.15, 0.2) is 36.7 Å². The number of fused-ring (bicyclic) bond motifs is 1. The average Bonchev–Trinajstić information content (AvgIpc) is 3.35. The molecule has 3 atom stereocenters. The van der Waals surface area contributed by atoms with Crippen LogP contribution in [0.5, 0.6) is 5.75 Å². The molecule has 8 heteroatoms. The molecule has 4 rings (SSSR count). The molecule has 2 aliphatic rings. The molecule has 148 valence electrons. The van der Waals surface area contributed by atoms with Crippen LogP contribution in [0.25, 0.3) is 0 Å². The van der Waals surface area contributed by atoms with Gasteiger partial charge in [0, 0.05) is 37.1 Å². The molecule has 1 aromatic carbocycles. The molecule has 3 heterocycles. The maximum absolute atomic E-state index is 12.3. The molecule has 0 unspecified atom stereocenters. The Morgan fingerprint density at radius 3 is 2.96 bits per heavy atom. The number of piperazine rings is 1. The highest BCUT2D eigenvalue weighted by Gasteiger charge is 2.44. The molecular formula is C20H25N5O3. The molecule has 2 amide bonds. The topological polar surface area (TPSA) is 88.5 Å². The van der Waals surface area contributed by atoms with Gasteiger partial charge in [-0.2, -0.15) is 5.10 Å². The standard InChI is InChI=1S/C20H25N5O3/c1-13-20(27)25-12-16(9-17(25)19(26)23-13)21-10-14-4-5-18(28-2)15(8-14)11-24-7-3-6-22-24/h3-8,13,16-17,21H,9-12H2,1-2H3,(H,23,26)/t13-,16+,17+/m1/s1. The van der Waals surface area contributed by atoms with E-state index in [0.717, 1.165) is 16.9 Å². The molecule has 0 radical (unpaired) electrons. The first kappa shape index (κ1) is 18.5. The molecule has 2 N–H and O–H groups in total. The number of carbonyl (C=O) groups is 2. The SMILES string of the molecule is COc1ccc(CN[C@H]2C[C@H]3C(=O)N[C@H](C)C(=O)N3C2)cc1Cn1cccn1. The van der Waals surface area contributed by atoms with E-state index >= 15 is 0 Å². The molecule has 2 saturated heterocycles. The summed E-state index contributed by atoms with van der Waals surface area (Å²) in [6, 6.07) is 7.30. The van der Waals surface area contributed by atoms with Crippen LogP contribution in [0.3, 0.4) is 0 Å². The van der Waals surface area contributed by atoms with E-state index in [2.05, 4.69) is 21.8 Å². The number of rotatable bonds is 6. The molecule has 0 spiro atoms. The zero-order chi connectivity index (χ0) is 19.7. The van der Waals surface area contributed by atoms with Gasteiger partial charge in [-0.25, -0.2) is 0 Å². The lowest BCUT2D eigenvalue weighted by molar-refractivity contribution is -0.146. The van der Waals surface area contributed by atoms with Crippen molar-refractivity contribution >= 4 is 11.8 Å². The molecule has 1 aromatic heterocycles. The molecule has 0 saturated carbocycles. The van der Waals surface area contributed by atoms with E-state index in [1.807, 2.05) is 29.1 Å². The molecule has 8 nitrogen and oxygen atoms in total. The van der Waals surface area contributed by atoms with E-state index < -0.39 is 6.04 Å². The Kier molecular flexibility index (Phi) is 5.04. The minimum atomic E-state index is -0.436. The Bertz CT molecular complexity index is 867. The first-order chi connectivity index (χ1) is 13.5. The number of amides is 2. The number of hydrogen-bond acceptors (Lipinski definition) is 5. The van der Waals surface area contributed by atoms with Crippen LogP contribution in [-0.2, 0) is 22.7 Å². The van der Waals surface area contributed by atoms with E-state index in [0.29, 0.717) is 26.1 Å². The van der Waals surface area contributed by atoms with Gasteiger partial charge in [0.25, 0.3) is 0 Å². The Balaban J connectivity index is 1.41. The summed E-state index contributed by atoms with van der Waals surface area (Å²) >= 11 is 0. The quantitative estimate of drug-likeness (QED) is 0.759. The van der Waals surface area contributed by atoms with Crippen LogP contribution in [0.1, 0.15) is 24.5 Å². The van der Waals surface area contributed by atoms with E-state index in [1.165, 1.54) is 0 Å². The predicted molar refractivity (Wildman–Crippen MR) is 103 cm³/mol. The normalized spacial score (nSPS) is 24.2. The van der Waals surface area contributed by atoms with Crippen LogP contribution >= 0.6 is 0 Å². The summed E-state index contributed by atoms with van der Waals surface area (Å²) < 4.78 is 7.33. The third-order valence-corrected chi connectivity index (χ3v) is 5.45. The second-order valence-corrected chi connectivity index (χ2v) is 7.40. The summed E-state index contributed by atoms with van der Waals surface area (Å²) in [6.45, 7) is 3.59. The number of methoxy groups -OCH3 is 1. The van der Waals surface area contributed by atoms with Crippen molar-refractivity contribution in [2.24, 2.45) is 0 Å². The molecule has 28 heavy (non-hydrogen) atoms. The van der Waals surface area contributed by atoms with Gasteiger partial charge in [0.2, 0.25) is 11.8 Å². The second kappa shape index (κ2) is 7.63. The lowest BCUT2D eigenvalue weighted by Crippen LogP contribution is -2.60. The lowest BCUT2D eigenvalue weighted by Gasteiger charge is -2.32. The van der Waals surface area contributed by atoms with Gasteiger partial charge in [0.15, 0.2) is 0 Å². The van der Waals surface area contributed by atoms with Crippen molar-refractivity contribution < 1.29 is 14.3 Å². The van der Waals surface area contributed by atoms with Crippen molar-refractivity contribution in [3.05, 3.63) is 47.8 Å². The first-order valence-corrected chi connectivity index (χ1v) is 9.52. The number of hydrogen-bond donors (Lipinski definition) is 2. The van der Waals surface area contributed by atoms with Gasteiger partial charge < -0.3 is 20.3 Å². The van der Waals surface area contributed by atoms with Crippen LogP contribution in [0, 0.1) is 0 Å². The monoisotopic (exact) mass is 383 g/mol. The maximum atomic E-state index is 12.3. The number of nitrogens with zero attached hydrogens (tertiary/aromatic N) is 3. The summed E-state index contributed by atoms with van der Waals surface area (Å²) in [7, 11) is 1.66. The highest BCUT2D eigenvalue weighted by atomic mass is 16.5. The van der Waals surface area contributed by atoms with Crippen molar-refractivity contribution in [3.8, 4) is 5.75 Å². The highest BCUT2D eigenvalue weighted by molar-refractivity contribution is 5.97. The van der Waals surface area contributed by atoms with Gasteiger partial charge >= 0.3 is 0 Å². The van der Waals surface area contributed by atoms with E-state index in [9.17, 15) is 9.59 Å².